The highest BCUT2D eigenvalue weighted by Crippen LogP contribution is 2.15. The Bertz CT molecular complexity index is 197. The average molecular weight is 152 g/mol. The maximum Gasteiger partial charge on any atom is 0.156 e. The van der Waals surface area contributed by atoms with E-state index < -0.39 is 0 Å². The van der Waals surface area contributed by atoms with E-state index in [9.17, 15) is 4.79 Å². The first-order chi connectivity index (χ1) is 5.00. The number of allylic oxidation sites excluding steroid dienone is 3. The molecule has 0 spiro atoms. The standard InChI is InChI=1S/C10H16O/c1-6-8(4)10(7(2)3)9(5)11/h6-7H,1H2,2-5H3. The molecule has 0 aliphatic rings. The van der Waals surface area contributed by atoms with Crippen LogP contribution in [0.25, 0.3) is 0 Å². The summed E-state index contributed by atoms with van der Waals surface area (Å²) in [6.45, 7) is 11.2. The van der Waals surface area contributed by atoms with Crippen LogP contribution in [0.3, 0.4) is 0 Å². The summed E-state index contributed by atoms with van der Waals surface area (Å²) in [5.74, 6) is 0.447. The summed E-state index contributed by atoms with van der Waals surface area (Å²) in [5, 5.41) is 0. The molecule has 62 valence electrons. The molecule has 1 heteroatoms. The quantitative estimate of drug-likeness (QED) is 0.449. The van der Waals surface area contributed by atoms with E-state index in [0.29, 0.717) is 5.92 Å². The lowest BCUT2D eigenvalue weighted by Crippen LogP contribution is -2.06. The van der Waals surface area contributed by atoms with Crippen molar-refractivity contribution >= 4 is 5.78 Å². The fourth-order valence-corrected chi connectivity index (χ4v) is 1.25. The molecule has 11 heavy (non-hydrogen) atoms. The molecule has 0 rings (SSSR count). The van der Waals surface area contributed by atoms with Gasteiger partial charge in [-0.25, -0.2) is 0 Å². The lowest BCUT2D eigenvalue weighted by atomic mass is 9.95. The molecule has 0 aliphatic heterocycles. The molecule has 0 saturated heterocycles. The minimum absolute atomic E-state index is 0.150. The van der Waals surface area contributed by atoms with Crippen molar-refractivity contribution in [2.24, 2.45) is 5.92 Å². The molecule has 0 heterocycles. The van der Waals surface area contributed by atoms with E-state index in [4.69, 9.17) is 0 Å². The van der Waals surface area contributed by atoms with Gasteiger partial charge in [-0.1, -0.05) is 26.5 Å². The van der Waals surface area contributed by atoms with Gasteiger partial charge in [-0.3, -0.25) is 4.79 Å². The van der Waals surface area contributed by atoms with Gasteiger partial charge >= 0.3 is 0 Å². The predicted molar refractivity (Wildman–Crippen MR) is 48.4 cm³/mol. The molecule has 0 amide bonds. The number of ketones is 1. The summed E-state index contributed by atoms with van der Waals surface area (Å²) in [4.78, 5) is 11.1. The fourth-order valence-electron chi connectivity index (χ4n) is 1.25. The average Bonchev–Trinajstić information content (AvgIpc) is 1.85. The van der Waals surface area contributed by atoms with Crippen molar-refractivity contribution in [1.29, 1.82) is 0 Å². The lowest BCUT2D eigenvalue weighted by molar-refractivity contribution is -0.114. The van der Waals surface area contributed by atoms with Gasteiger partial charge in [0.05, 0.1) is 0 Å². The van der Waals surface area contributed by atoms with Gasteiger partial charge in [0.25, 0.3) is 0 Å². The van der Waals surface area contributed by atoms with Gasteiger partial charge in [0.15, 0.2) is 5.78 Å². The second-order valence-corrected chi connectivity index (χ2v) is 3.01. The molecule has 0 aromatic rings. The Morgan fingerprint density at radius 2 is 1.82 bits per heavy atom. The summed E-state index contributed by atoms with van der Waals surface area (Å²) < 4.78 is 0. The Kier molecular flexibility index (Phi) is 3.80. The highest BCUT2D eigenvalue weighted by atomic mass is 16.1. The van der Waals surface area contributed by atoms with Crippen LogP contribution in [0.15, 0.2) is 23.8 Å². The smallest absolute Gasteiger partial charge is 0.156 e. The number of Topliss-reactive ketones (excluding diaryl/α,β-unsaturated/α-hetero) is 1. The van der Waals surface area contributed by atoms with E-state index in [-0.39, 0.29) is 5.78 Å². The monoisotopic (exact) mass is 152 g/mol. The van der Waals surface area contributed by atoms with E-state index in [1.54, 1.807) is 13.0 Å². The first-order valence-corrected chi connectivity index (χ1v) is 3.84. The van der Waals surface area contributed by atoms with E-state index >= 15 is 0 Å². The Hall–Kier alpha value is -0.850. The van der Waals surface area contributed by atoms with Gasteiger partial charge in [0.2, 0.25) is 0 Å². The zero-order valence-electron chi connectivity index (χ0n) is 7.77. The van der Waals surface area contributed by atoms with Gasteiger partial charge < -0.3 is 0 Å². The first-order valence-electron chi connectivity index (χ1n) is 3.84. The molecule has 0 aromatic heterocycles. The lowest BCUT2D eigenvalue weighted by Gasteiger charge is -2.09. The van der Waals surface area contributed by atoms with Gasteiger partial charge in [-0.15, -0.1) is 0 Å². The number of hydrogen-bond acceptors (Lipinski definition) is 1. The van der Waals surface area contributed by atoms with E-state index in [1.807, 2.05) is 20.8 Å². The molecule has 0 bridgehead atoms. The van der Waals surface area contributed by atoms with Crippen LogP contribution in [0.5, 0.6) is 0 Å². The normalized spacial score (nSPS) is 12.8. The van der Waals surface area contributed by atoms with Crippen LogP contribution in [-0.4, -0.2) is 5.78 Å². The van der Waals surface area contributed by atoms with Crippen LogP contribution in [0.4, 0.5) is 0 Å². The maximum absolute atomic E-state index is 11.1. The van der Waals surface area contributed by atoms with Crippen LogP contribution in [0.1, 0.15) is 27.7 Å². The van der Waals surface area contributed by atoms with Crippen LogP contribution in [-0.2, 0) is 4.79 Å². The second-order valence-electron chi connectivity index (χ2n) is 3.01. The predicted octanol–water partition coefficient (Wildman–Crippen LogP) is 2.73. The van der Waals surface area contributed by atoms with Gasteiger partial charge in [0, 0.05) is 5.57 Å². The van der Waals surface area contributed by atoms with E-state index in [1.165, 1.54) is 0 Å². The number of carbonyl (C=O) groups excluding carboxylic acids is 1. The zero-order valence-corrected chi connectivity index (χ0v) is 7.77. The topological polar surface area (TPSA) is 17.1 Å². The van der Waals surface area contributed by atoms with Crippen molar-refractivity contribution < 1.29 is 4.79 Å². The third-order valence-electron chi connectivity index (χ3n) is 1.69. The van der Waals surface area contributed by atoms with Crippen molar-refractivity contribution in [3.63, 3.8) is 0 Å². The van der Waals surface area contributed by atoms with Gasteiger partial charge in [0.1, 0.15) is 0 Å². The van der Waals surface area contributed by atoms with Crippen LogP contribution >= 0.6 is 0 Å². The van der Waals surface area contributed by atoms with Gasteiger partial charge in [-0.2, -0.15) is 0 Å². The summed E-state index contributed by atoms with van der Waals surface area (Å²) in [6, 6.07) is 0. The molecule has 0 aliphatic carbocycles. The van der Waals surface area contributed by atoms with E-state index in [2.05, 4.69) is 6.58 Å². The Morgan fingerprint density at radius 3 is 1.91 bits per heavy atom. The highest BCUT2D eigenvalue weighted by Gasteiger charge is 2.09. The molecule has 0 unspecified atom stereocenters. The fraction of sp³-hybridized carbons (Fsp3) is 0.500. The molecule has 0 fully saturated rings. The van der Waals surface area contributed by atoms with Gasteiger partial charge in [-0.05, 0) is 25.3 Å². The third kappa shape index (κ3) is 2.71. The largest absolute Gasteiger partial charge is 0.295 e. The Labute approximate surface area is 68.8 Å². The molecule has 0 saturated carbocycles. The molecule has 0 radical (unpaired) electrons. The summed E-state index contributed by atoms with van der Waals surface area (Å²) in [5.41, 5.74) is 1.88. The summed E-state index contributed by atoms with van der Waals surface area (Å²) >= 11 is 0. The Balaban J connectivity index is 4.87. The summed E-state index contributed by atoms with van der Waals surface area (Å²) in [6.07, 6.45) is 1.73. The molecule has 0 aromatic carbocycles. The van der Waals surface area contributed by atoms with Crippen LogP contribution < -0.4 is 0 Å². The molecule has 0 atom stereocenters. The third-order valence-corrected chi connectivity index (χ3v) is 1.69. The number of rotatable bonds is 3. The zero-order chi connectivity index (χ0) is 9.02. The molecular formula is C10H16O. The van der Waals surface area contributed by atoms with Crippen molar-refractivity contribution in [3.8, 4) is 0 Å². The SMILES string of the molecule is C=CC(C)=C(C(C)=O)C(C)C. The van der Waals surface area contributed by atoms with Crippen molar-refractivity contribution in [2.75, 3.05) is 0 Å². The number of carbonyl (C=O) groups is 1. The molecule has 1 nitrogen and oxygen atoms in total. The number of hydrogen-bond donors (Lipinski definition) is 0. The highest BCUT2D eigenvalue weighted by molar-refractivity contribution is 5.94. The van der Waals surface area contributed by atoms with E-state index in [0.717, 1.165) is 11.1 Å². The van der Waals surface area contributed by atoms with Crippen LogP contribution in [0, 0.1) is 5.92 Å². The minimum Gasteiger partial charge on any atom is -0.295 e. The first kappa shape index (κ1) is 10.2. The minimum atomic E-state index is 0.150. The van der Waals surface area contributed by atoms with Crippen molar-refractivity contribution in [1.82, 2.24) is 0 Å². The molecule has 0 N–H and O–H groups in total. The second kappa shape index (κ2) is 4.12. The van der Waals surface area contributed by atoms with Crippen molar-refractivity contribution in [3.05, 3.63) is 23.8 Å². The Morgan fingerprint density at radius 1 is 1.36 bits per heavy atom. The summed E-state index contributed by atoms with van der Waals surface area (Å²) in [7, 11) is 0. The van der Waals surface area contributed by atoms with Crippen molar-refractivity contribution in [2.45, 2.75) is 27.7 Å². The van der Waals surface area contributed by atoms with Crippen LogP contribution in [0.2, 0.25) is 0 Å². The maximum atomic E-state index is 11.1. The molecular weight excluding hydrogens is 136 g/mol.